The lowest BCUT2D eigenvalue weighted by atomic mass is 10.1. The summed E-state index contributed by atoms with van der Waals surface area (Å²) in [5, 5.41) is 5.63. The molecule has 1 aliphatic heterocycles. The molecule has 1 aliphatic rings. The van der Waals surface area contributed by atoms with Gasteiger partial charge < -0.3 is 15.5 Å². The number of benzene rings is 2. The molecule has 2 aromatic rings. The number of anilines is 1. The number of amides is 3. The zero-order valence-corrected chi connectivity index (χ0v) is 17.5. The standard InChI is InChI=1S/C22H25N3O3S/c1-15-13-19(22(28)25-9-11-29-12-10-25)7-8-20(15)24-21(27)18-5-3-17(4-6-18)14-23-16(2)26/h3-8,13H,9-12,14H2,1-2H3,(H,23,26)(H,24,27). The van der Waals surface area contributed by atoms with Crippen molar-refractivity contribution in [2.45, 2.75) is 20.4 Å². The van der Waals surface area contributed by atoms with E-state index in [1.165, 1.54) is 6.92 Å². The van der Waals surface area contributed by atoms with Crippen LogP contribution in [0, 0.1) is 6.92 Å². The van der Waals surface area contributed by atoms with Crippen LogP contribution in [0.5, 0.6) is 0 Å². The number of aryl methyl sites for hydroxylation is 1. The molecule has 3 rings (SSSR count). The van der Waals surface area contributed by atoms with Crippen molar-refractivity contribution >= 4 is 35.2 Å². The Labute approximate surface area is 175 Å². The molecule has 0 atom stereocenters. The van der Waals surface area contributed by atoms with Gasteiger partial charge in [0.05, 0.1) is 0 Å². The average Bonchev–Trinajstić information content (AvgIpc) is 2.74. The molecule has 0 aliphatic carbocycles. The van der Waals surface area contributed by atoms with Crippen LogP contribution in [0.4, 0.5) is 5.69 Å². The minimum absolute atomic E-state index is 0.0426. The number of nitrogens with one attached hydrogen (secondary N) is 2. The largest absolute Gasteiger partial charge is 0.352 e. The van der Waals surface area contributed by atoms with Crippen LogP contribution in [0.1, 0.15) is 38.8 Å². The van der Waals surface area contributed by atoms with E-state index in [4.69, 9.17) is 0 Å². The van der Waals surface area contributed by atoms with Crippen LogP contribution in [0.15, 0.2) is 42.5 Å². The van der Waals surface area contributed by atoms with Crippen LogP contribution >= 0.6 is 11.8 Å². The zero-order chi connectivity index (χ0) is 20.8. The van der Waals surface area contributed by atoms with Crippen molar-refractivity contribution in [3.8, 4) is 0 Å². The van der Waals surface area contributed by atoms with Crippen LogP contribution in [-0.2, 0) is 11.3 Å². The first-order valence-corrected chi connectivity index (χ1v) is 10.7. The Morgan fingerprint density at radius 3 is 2.28 bits per heavy atom. The molecule has 7 heteroatoms. The third-order valence-electron chi connectivity index (χ3n) is 4.78. The molecule has 2 N–H and O–H groups in total. The molecule has 0 spiro atoms. The van der Waals surface area contributed by atoms with Gasteiger partial charge in [0.1, 0.15) is 0 Å². The maximum atomic E-state index is 12.6. The van der Waals surface area contributed by atoms with Gasteiger partial charge in [-0.3, -0.25) is 14.4 Å². The van der Waals surface area contributed by atoms with Crippen molar-refractivity contribution in [2.24, 2.45) is 0 Å². The van der Waals surface area contributed by atoms with Gasteiger partial charge in [-0.05, 0) is 48.4 Å². The van der Waals surface area contributed by atoms with Crippen LogP contribution < -0.4 is 10.6 Å². The third kappa shape index (κ3) is 5.60. The molecule has 0 unspecified atom stereocenters. The molecule has 6 nitrogen and oxygen atoms in total. The number of nitrogens with zero attached hydrogens (tertiary/aromatic N) is 1. The lowest BCUT2D eigenvalue weighted by molar-refractivity contribution is -0.119. The molecular weight excluding hydrogens is 386 g/mol. The first-order chi connectivity index (χ1) is 13.9. The summed E-state index contributed by atoms with van der Waals surface area (Å²) in [4.78, 5) is 38.1. The van der Waals surface area contributed by atoms with Gasteiger partial charge >= 0.3 is 0 Å². The highest BCUT2D eigenvalue weighted by Crippen LogP contribution is 2.20. The van der Waals surface area contributed by atoms with Crippen molar-refractivity contribution in [3.63, 3.8) is 0 Å². The van der Waals surface area contributed by atoms with Crippen molar-refractivity contribution in [1.82, 2.24) is 10.2 Å². The molecular formula is C22H25N3O3S. The zero-order valence-electron chi connectivity index (χ0n) is 16.7. The second kappa shape index (κ2) is 9.60. The lowest BCUT2D eigenvalue weighted by Gasteiger charge is -2.26. The van der Waals surface area contributed by atoms with Gasteiger partial charge in [-0.1, -0.05) is 12.1 Å². The highest BCUT2D eigenvalue weighted by molar-refractivity contribution is 7.99. The van der Waals surface area contributed by atoms with E-state index in [0.29, 0.717) is 23.4 Å². The molecule has 0 radical (unpaired) electrons. The van der Waals surface area contributed by atoms with Gasteiger partial charge in [-0.2, -0.15) is 11.8 Å². The van der Waals surface area contributed by atoms with E-state index < -0.39 is 0 Å². The van der Waals surface area contributed by atoms with Crippen LogP contribution in [0.3, 0.4) is 0 Å². The summed E-state index contributed by atoms with van der Waals surface area (Å²) in [6.07, 6.45) is 0. The average molecular weight is 412 g/mol. The van der Waals surface area contributed by atoms with Crippen LogP contribution in [-0.4, -0.2) is 47.2 Å². The summed E-state index contributed by atoms with van der Waals surface area (Å²) in [6.45, 7) is 5.34. The quantitative estimate of drug-likeness (QED) is 0.793. The van der Waals surface area contributed by atoms with Crippen LogP contribution in [0.2, 0.25) is 0 Å². The maximum absolute atomic E-state index is 12.6. The van der Waals surface area contributed by atoms with Crippen molar-refractivity contribution < 1.29 is 14.4 Å². The van der Waals surface area contributed by atoms with Crippen LogP contribution in [0.25, 0.3) is 0 Å². The van der Waals surface area contributed by atoms with Gasteiger partial charge in [-0.25, -0.2) is 0 Å². The fourth-order valence-electron chi connectivity index (χ4n) is 3.08. The van der Waals surface area contributed by atoms with Gasteiger partial charge in [0.2, 0.25) is 5.91 Å². The van der Waals surface area contributed by atoms with Gasteiger partial charge in [0, 0.05) is 54.9 Å². The summed E-state index contributed by atoms with van der Waals surface area (Å²) in [5.41, 5.74) is 3.63. The van der Waals surface area contributed by atoms with E-state index >= 15 is 0 Å². The summed E-state index contributed by atoms with van der Waals surface area (Å²) < 4.78 is 0. The highest BCUT2D eigenvalue weighted by atomic mass is 32.2. The first kappa shape index (κ1) is 20.9. The summed E-state index contributed by atoms with van der Waals surface area (Å²) >= 11 is 1.87. The van der Waals surface area contributed by atoms with E-state index in [1.54, 1.807) is 24.3 Å². The number of carbonyl (C=O) groups excluding carboxylic acids is 3. The summed E-state index contributed by atoms with van der Waals surface area (Å²) in [7, 11) is 0. The van der Waals surface area contributed by atoms with Gasteiger partial charge in [0.25, 0.3) is 11.8 Å². The Balaban J connectivity index is 1.64. The van der Waals surface area contributed by atoms with Crippen molar-refractivity contribution in [1.29, 1.82) is 0 Å². The SMILES string of the molecule is CC(=O)NCc1ccc(C(=O)Nc2ccc(C(=O)N3CCSCC3)cc2C)cc1. The fourth-order valence-corrected chi connectivity index (χ4v) is 3.98. The molecule has 0 saturated carbocycles. The second-order valence-corrected chi connectivity index (χ2v) is 8.22. The summed E-state index contributed by atoms with van der Waals surface area (Å²) in [5.74, 6) is 1.68. The Hall–Kier alpha value is -2.80. The molecule has 29 heavy (non-hydrogen) atoms. The molecule has 0 aromatic heterocycles. The number of thioether (sulfide) groups is 1. The molecule has 3 amide bonds. The van der Waals surface area contributed by atoms with Gasteiger partial charge in [-0.15, -0.1) is 0 Å². The molecule has 1 saturated heterocycles. The minimum atomic E-state index is -0.216. The Morgan fingerprint density at radius 2 is 1.66 bits per heavy atom. The minimum Gasteiger partial charge on any atom is -0.352 e. The second-order valence-electron chi connectivity index (χ2n) is 7.00. The van der Waals surface area contributed by atoms with E-state index in [0.717, 1.165) is 35.7 Å². The van der Waals surface area contributed by atoms with E-state index in [-0.39, 0.29) is 17.7 Å². The Bertz CT molecular complexity index is 906. The predicted octanol–water partition coefficient (Wildman–Crippen LogP) is 3.07. The van der Waals surface area contributed by atoms with E-state index in [2.05, 4.69) is 10.6 Å². The highest BCUT2D eigenvalue weighted by Gasteiger charge is 2.19. The normalized spacial score (nSPS) is 13.7. The Morgan fingerprint density at radius 1 is 1.00 bits per heavy atom. The fraction of sp³-hybridized carbons (Fsp3) is 0.318. The number of hydrogen-bond acceptors (Lipinski definition) is 4. The summed E-state index contributed by atoms with van der Waals surface area (Å²) in [6, 6.07) is 12.5. The molecule has 2 aromatic carbocycles. The monoisotopic (exact) mass is 411 g/mol. The van der Waals surface area contributed by atoms with Crippen molar-refractivity contribution in [3.05, 3.63) is 64.7 Å². The molecule has 1 heterocycles. The van der Waals surface area contributed by atoms with Crippen molar-refractivity contribution in [2.75, 3.05) is 29.9 Å². The molecule has 0 bridgehead atoms. The smallest absolute Gasteiger partial charge is 0.255 e. The Kier molecular flexibility index (Phi) is 6.93. The topological polar surface area (TPSA) is 78.5 Å². The number of hydrogen-bond donors (Lipinski definition) is 2. The molecule has 1 fully saturated rings. The first-order valence-electron chi connectivity index (χ1n) is 9.56. The number of rotatable bonds is 5. The third-order valence-corrected chi connectivity index (χ3v) is 5.72. The van der Waals surface area contributed by atoms with E-state index in [9.17, 15) is 14.4 Å². The lowest BCUT2D eigenvalue weighted by Crippen LogP contribution is -2.37. The predicted molar refractivity (Wildman–Crippen MR) is 116 cm³/mol. The van der Waals surface area contributed by atoms with Gasteiger partial charge in [0.15, 0.2) is 0 Å². The van der Waals surface area contributed by atoms with E-state index in [1.807, 2.05) is 41.8 Å². The number of carbonyl (C=O) groups is 3. The molecule has 152 valence electrons. The maximum Gasteiger partial charge on any atom is 0.255 e.